The summed E-state index contributed by atoms with van der Waals surface area (Å²) in [5, 5.41) is 4.11. The summed E-state index contributed by atoms with van der Waals surface area (Å²) in [6, 6.07) is 3.73. The van der Waals surface area contributed by atoms with Crippen LogP contribution in [-0.2, 0) is 0 Å². The van der Waals surface area contributed by atoms with E-state index in [9.17, 15) is 0 Å². The summed E-state index contributed by atoms with van der Waals surface area (Å²) in [7, 11) is 1.66. The average Bonchev–Trinajstić information content (AvgIpc) is 2.29. The Morgan fingerprint density at radius 1 is 1.35 bits per heavy atom. The van der Waals surface area contributed by atoms with Crippen molar-refractivity contribution in [2.75, 3.05) is 19.0 Å². The Bertz CT molecular complexity index is 367. The standard InChI is InChI=1S/C13H19BrClNO/c1-4-9(5-2)8-16-12-7-10(15)6-11(14)13(12)17-3/h6-7,9,16H,4-5,8H2,1-3H3. The molecule has 0 radical (unpaired) electrons. The van der Waals surface area contributed by atoms with E-state index in [-0.39, 0.29) is 0 Å². The SMILES string of the molecule is CCC(CC)CNc1cc(Cl)cc(Br)c1OC. The van der Waals surface area contributed by atoms with Crippen molar-refractivity contribution in [1.29, 1.82) is 0 Å². The lowest BCUT2D eigenvalue weighted by molar-refractivity contribution is 0.413. The van der Waals surface area contributed by atoms with Gasteiger partial charge in [0.2, 0.25) is 0 Å². The smallest absolute Gasteiger partial charge is 0.156 e. The molecule has 0 aliphatic rings. The van der Waals surface area contributed by atoms with Gasteiger partial charge < -0.3 is 10.1 Å². The normalized spacial score (nSPS) is 10.7. The fourth-order valence-corrected chi connectivity index (χ4v) is 2.70. The molecule has 0 atom stereocenters. The molecule has 1 aromatic carbocycles. The van der Waals surface area contributed by atoms with Crippen molar-refractivity contribution in [3.8, 4) is 5.75 Å². The summed E-state index contributed by atoms with van der Waals surface area (Å²) in [5.74, 6) is 1.48. The second-order valence-corrected chi connectivity index (χ2v) is 5.32. The van der Waals surface area contributed by atoms with Crippen LogP contribution in [0.2, 0.25) is 5.02 Å². The van der Waals surface area contributed by atoms with Crippen molar-refractivity contribution >= 4 is 33.2 Å². The third kappa shape index (κ3) is 4.07. The van der Waals surface area contributed by atoms with E-state index in [0.29, 0.717) is 10.9 Å². The third-order valence-electron chi connectivity index (χ3n) is 2.95. The van der Waals surface area contributed by atoms with Gasteiger partial charge >= 0.3 is 0 Å². The van der Waals surface area contributed by atoms with Crippen LogP contribution in [0.1, 0.15) is 26.7 Å². The van der Waals surface area contributed by atoms with Crippen molar-refractivity contribution in [2.24, 2.45) is 5.92 Å². The second-order valence-electron chi connectivity index (χ2n) is 4.03. The molecule has 1 aromatic rings. The first-order valence-electron chi connectivity index (χ1n) is 5.89. The largest absolute Gasteiger partial charge is 0.493 e. The monoisotopic (exact) mass is 319 g/mol. The van der Waals surface area contributed by atoms with Crippen LogP contribution in [0.15, 0.2) is 16.6 Å². The van der Waals surface area contributed by atoms with E-state index in [4.69, 9.17) is 16.3 Å². The van der Waals surface area contributed by atoms with Gasteiger partial charge in [-0.15, -0.1) is 0 Å². The molecule has 0 spiro atoms. The minimum atomic E-state index is 0.678. The van der Waals surface area contributed by atoms with Crippen molar-refractivity contribution < 1.29 is 4.74 Å². The molecule has 96 valence electrons. The highest BCUT2D eigenvalue weighted by atomic mass is 79.9. The van der Waals surface area contributed by atoms with Gasteiger partial charge in [-0.1, -0.05) is 38.3 Å². The molecule has 0 fully saturated rings. The Labute approximate surface area is 117 Å². The summed E-state index contributed by atoms with van der Waals surface area (Å²) in [4.78, 5) is 0. The zero-order valence-corrected chi connectivity index (χ0v) is 12.9. The van der Waals surface area contributed by atoms with Gasteiger partial charge in [-0.3, -0.25) is 0 Å². The molecule has 0 saturated heterocycles. The topological polar surface area (TPSA) is 21.3 Å². The number of ether oxygens (including phenoxy) is 1. The van der Waals surface area contributed by atoms with Crippen LogP contribution < -0.4 is 10.1 Å². The van der Waals surface area contributed by atoms with Crippen LogP contribution in [-0.4, -0.2) is 13.7 Å². The maximum Gasteiger partial charge on any atom is 0.156 e. The summed E-state index contributed by atoms with van der Waals surface area (Å²) in [5.41, 5.74) is 0.943. The molecule has 0 unspecified atom stereocenters. The lowest BCUT2D eigenvalue weighted by Crippen LogP contribution is -2.13. The van der Waals surface area contributed by atoms with Crippen LogP contribution in [0.25, 0.3) is 0 Å². The minimum absolute atomic E-state index is 0.678. The molecule has 17 heavy (non-hydrogen) atoms. The van der Waals surface area contributed by atoms with Gasteiger partial charge in [-0.2, -0.15) is 0 Å². The Balaban J connectivity index is 2.82. The van der Waals surface area contributed by atoms with Crippen molar-refractivity contribution in [2.45, 2.75) is 26.7 Å². The lowest BCUT2D eigenvalue weighted by atomic mass is 10.0. The van der Waals surface area contributed by atoms with Crippen LogP contribution in [0.4, 0.5) is 5.69 Å². The summed E-state index contributed by atoms with van der Waals surface area (Å²) < 4.78 is 6.24. The zero-order chi connectivity index (χ0) is 12.8. The van der Waals surface area contributed by atoms with Gasteiger partial charge in [-0.05, 0) is 34.0 Å². The van der Waals surface area contributed by atoms with E-state index in [0.717, 1.165) is 22.5 Å². The zero-order valence-electron chi connectivity index (χ0n) is 10.5. The van der Waals surface area contributed by atoms with Crippen molar-refractivity contribution in [1.82, 2.24) is 0 Å². The number of methoxy groups -OCH3 is 1. The van der Waals surface area contributed by atoms with Crippen LogP contribution in [0, 0.1) is 5.92 Å². The highest BCUT2D eigenvalue weighted by molar-refractivity contribution is 9.10. The van der Waals surface area contributed by atoms with Crippen LogP contribution in [0.5, 0.6) is 5.75 Å². The number of anilines is 1. The fraction of sp³-hybridized carbons (Fsp3) is 0.538. The summed E-state index contributed by atoms with van der Waals surface area (Å²) in [6.45, 7) is 5.36. The quantitative estimate of drug-likeness (QED) is 0.800. The molecule has 4 heteroatoms. The number of nitrogens with one attached hydrogen (secondary N) is 1. The summed E-state index contributed by atoms with van der Waals surface area (Å²) >= 11 is 9.49. The first kappa shape index (κ1) is 14.7. The molecule has 0 bridgehead atoms. The van der Waals surface area contributed by atoms with E-state index in [2.05, 4.69) is 35.1 Å². The number of halogens is 2. The van der Waals surface area contributed by atoms with Gasteiger partial charge in [0.1, 0.15) is 0 Å². The highest BCUT2D eigenvalue weighted by Crippen LogP contribution is 2.36. The molecular formula is C13H19BrClNO. The van der Waals surface area contributed by atoms with Crippen molar-refractivity contribution in [3.05, 3.63) is 21.6 Å². The van der Waals surface area contributed by atoms with Gasteiger partial charge in [0.05, 0.1) is 17.3 Å². The van der Waals surface area contributed by atoms with Crippen LogP contribution >= 0.6 is 27.5 Å². The van der Waals surface area contributed by atoms with E-state index in [1.807, 2.05) is 12.1 Å². The predicted molar refractivity (Wildman–Crippen MR) is 78.3 cm³/mol. The number of hydrogen-bond acceptors (Lipinski definition) is 2. The van der Waals surface area contributed by atoms with E-state index in [1.54, 1.807) is 7.11 Å². The lowest BCUT2D eigenvalue weighted by Gasteiger charge is -2.17. The molecule has 2 nitrogen and oxygen atoms in total. The minimum Gasteiger partial charge on any atom is -0.493 e. The first-order chi connectivity index (χ1) is 8.12. The highest BCUT2D eigenvalue weighted by Gasteiger charge is 2.10. The molecule has 1 N–H and O–H groups in total. The van der Waals surface area contributed by atoms with Gasteiger partial charge in [0.25, 0.3) is 0 Å². The van der Waals surface area contributed by atoms with E-state index >= 15 is 0 Å². The molecular weight excluding hydrogens is 302 g/mol. The van der Waals surface area contributed by atoms with Crippen molar-refractivity contribution in [3.63, 3.8) is 0 Å². The van der Waals surface area contributed by atoms with E-state index < -0.39 is 0 Å². The molecule has 0 aliphatic heterocycles. The van der Waals surface area contributed by atoms with Gasteiger partial charge in [0.15, 0.2) is 5.75 Å². The molecule has 0 saturated carbocycles. The maximum atomic E-state index is 6.04. The third-order valence-corrected chi connectivity index (χ3v) is 3.76. The Morgan fingerprint density at radius 3 is 2.53 bits per heavy atom. The molecule has 1 rings (SSSR count). The second kappa shape index (κ2) is 7.12. The number of hydrogen-bond donors (Lipinski definition) is 1. The fourth-order valence-electron chi connectivity index (χ4n) is 1.73. The summed E-state index contributed by atoms with van der Waals surface area (Å²) in [6.07, 6.45) is 2.35. The van der Waals surface area contributed by atoms with E-state index in [1.165, 1.54) is 12.8 Å². The maximum absolute atomic E-state index is 6.04. The molecule has 0 heterocycles. The number of benzene rings is 1. The predicted octanol–water partition coefficient (Wildman–Crippen LogP) is 4.96. The van der Waals surface area contributed by atoms with Gasteiger partial charge in [0, 0.05) is 11.6 Å². The van der Waals surface area contributed by atoms with Gasteiger partial charge in [-0.25, -0.2) is 0 Å². The Morgan fingerprint density at radius 2 is 2.00 bits per heavy atom. The molecule has 0 aromatic heterocycles. The Kier molecular flexibility index (Phi) is 6.14. The molecule has 0 amide bonds. The number of rotatable bonds is 6. The average molecular weight is 321 g/mol. The molecule has 0 aliphatic carbocycles. The first-order valence-corrected chi connectivity index (χ1v) is 7.06. The van der Waals surface area contributed by atoms with Crippen LogP contribution in [0.3, 0.4) is 0 Å². The Hall–Kier alpha value is -0.410.